The average molecular weight is 380 g/mol. The monoisotopic (exact) mass is 380 g/mol. The van der Waals surface area contributed by atoms with Gasteiger partial charge in [-0.05, 0) is 26.0 Å². The number of carbonyl (C=O) groups excluding carboxylic acids is 2. The Kier molecular flexibility index (Phi) is 5.32. The minimum absolute atomic E-state index is 0.201. The van der Waals surface area contributed by atoms with E-state index in [0.29, 0.717) is 22.1 Å². The summed E-state index contributed by atoms with van der Waals surface area (Å²) in [6.45, 7) is 3.74. The van der Waals surface area contributed by atoms with Gasteiger partial charge in [0.25, 0.3) is 11.8 Å². The number of pyridine rings is 1. The summed E-state index contributed by atoms with van der Waals surface area (Å²) < 4.78 is 0. The van der Waals surface area contributed by atoms with Crippen LogP contribution in [0.4, 0.5) is 5.13 Å². The van der Waals surface area contributed by atoms with E-state index in [9.17, 15) is 9.59 Å². The molecule has 2 amide bonds. The molecule has 0 aliphatic rings. The van der Waals surface area contributed by atoms with Crippen LogP contribution in [0.2, 0.25) is 0 Å². The van der Waals surface area contributed by atoms with Gasteiger partial charge in [0, 0.05) is 25.0 Å². The van der Waals surface area contributed by atoms with Crippen molar-refractivity contribution in [1.29, 1.82) is 0 Å². The molecule has 1 N–H and O–H groups in total. The van der Waals surface area contributed by atoms with E-state index in [-0.39, 0.29) is 11.8 Å². The van der Waals surface area contributed by atoms with Crippen LogP contribution in [0.3, 0.4) is 0 Å². The number of hydrogen-bond donors (Lipinski definition) is 1. The lowest BCUT2D eigenvalue weighted by Crippen LogP contribution is -2.23. The summed E-state index contributed by atoms with van der Waals surface area (Å²) in [6, 6.07) is 11.2. The Hall–Kier alpha value is -3.06. The third-order valence-corrected chi connectivity index (χ3v) is 4.79. The van der Waals surface area contributed by atoms with E-state index in [1.54, 1.807) is 33.2 Å². The number of thiazole rings is 1. The van der Waals surface area contributed by atoms with Crippen molar-refractivity contribution in [2.45, 2.75) is 13.8 Å². The highest BCUT2D eigenvalue weighted by atomic mass is 32.1. The maximum atomic E-state index is 12.6. The number of hydrogen-bond acceptors (Lipinski definition) is 5. The number of nitrogens with zero attached hydrogens (tertiary/aromatic N) is 3. The zero-order chi connectivity index (χ0) is 19.6. The number of anilines is 1. The Morgan fingerprint density at radius 2 is 1.70 bits per heavy atom. The Balaban J connectivity index is 1.76. The fourth-order valence-electron chi connectivity index (χ4n) is 2.50. The Labute approximate surface area is 161 Å². The molecule has 0 bridgehead atoms. The summed E-state index contributed by atoms with van der Waals surface area (Å²) >= 11 is 1.37. The molecule has 1 aromatic carbocycles. The predicted octanol–water partition coefficient (Wildman–Crippen LogP) is 3.78. The van der Waals surface area contributed by atoms with E-state index in [0.717, 1.165) is 11.3 Å². The van der Waals surface area contributed by atoms with Crippen molar-refractivity contribution in [3.63, 3.8) is 0 Å². The van der Waals surface area contributed by atoms with Crippen LogP contribution in [0.1, 0.15) is 32.1 Å². The normalized spacial score (nSPS) is 10.5. The van der Waals surface area contributed by atoms with Crippen molar-refractivity contribution in [1.82, 2.24) is 14.9 Å². The third kappa shape index (κ3) is 4.20. The number of nitrogens with one attached hydrogen (secondary N) is 1. The average Bonchev–Trinajstić information content (AvgIpc) is 3.09. The fourth-order valence-corrected chi connectivity index (χ4v) is 3.22. The first-order chi connectivity index (χ1) is 12.8. The minimum Gasteiger partial charge on any atom is -0.343 e. The zero-order valence-electron chi connectivity index (χ0n) is 15.6. The Bertz CT molecular complexity index is 993. The summed E-state index contributed by atoms with van der Waals surface area (Å²) in [7, 11) is 3.32. The van der Waals surface area contributed by atoms with Crippen molar-refractivity contribution >= 4 is 28.3 Å². The molecule has 0 atom stereocenters. The lowest BCUT2D eigenvalue weighted by molar-refractivity contribution is 0.0821. The molecule has 2 aromatic heterocycles. The zero-order valence-corrected chi connectivity index (χ0v) is 16.4. The summed E-state index contributed by atoms with van der Waals surface area (Å²) in [5.74, 6) is -0.499. The number of rotatable bonds is 4. The maximum absolute atomic E-state index is 12.6. The van der Waals surface area contributed by atoms with Crippen molar-refractivity contribution in [2.24, 2.45) is 0 Å². The van der Waals surface area contributed by atoms with E-state index >= 15 is 0 Å². The maximum Gasteiger partial charge on any atom is 0.271 e. The van der Waals surface area contributed by atoms with E-state index in [2.05, 4.69) is 15.3 Å². The molecule has 0 aliphatic carbocycles. The Morgan fingerprint density at radius 3 is 2.33 bits per heavy atom. The summed E-state index contributed by atoms with van der Waals surface area (Å²) in [5, 5.41) is 5.23. The molecule has 0 spiro atoms. The molecule has 0 saturated carbocycles. The topological polar surface area (TPSA) is 75.2 Å². The highest BCUT2D eigenvalue weighted by Gasteiger charge is 2.16. The molecule has 7 heteroatoms. The van der Waals surface area contributed by atoms with Crippen LogP contribution in [-0.2, 0) is 0 Å². The molecule has 0 saturated heterocycles. The second-order valence-electron chi connectivity index (χ2n) is 6.39. The van der Waals surface area contributed by atoms with Crippen LogP contribution in [0.15, 0.2) is 41.8 Å². The van der Waals surface area contributed by atoms with Crippen LogP contribution in [0.25, 0.3) is 11.3 Å². The van der Waals surface area contributed by atoms with Gasteiger partial charge in [-0.1, -0.05) is 29.8 Å². The van der Waals surface area contributed by atoms with E-state index < -0.39 is 0 Å². The summed E-state index contributed by atoms with van der Waals surface area (Å²) in [4.78, 5) is 34.7. The van der Waals surface area contributed by atoms with Gasteiger partial charge in [-0.3, -0.25) is 14.9 Å². The first-order valence-corrected chi connectivity index (χ1v) is 9.26. The van der Waals surface area contributed by atoms with E-state index in [1.807, 2.05) is 36.6 Å². The quantitative estimate of drug-likeness (QED) is 0.747. The number of aromatic nitrogens is 2. The number of carbonyl (C=O) groups is 2. The Morgan fingerprint density at radius 1 is 1.00 bits per heavy atom. The molecule has 0 radical (unpaired) electrons. The SMILES string of the molecule is Cc1ccc(-c2csc(NC(=O)c3ccc(C(=O)N(C)C)nc3C)n2)cc1. The lowest BCUT2D eigenvalue weighted by Gasteiger charge is -2.11. The van der Waals surface area contributed by atoms with Gasteiger partial charge in [-0.2, -0.15) is 0 Å². The predicted molar refractivity (Wildman–Crippen MR) is 107 cm³/mol. The van der Waals surface area contributed by atoms with Gasteiger partial charge in [0.15, 0.2) is 5.13 Å². The lowest BCUT2D eigenvalue weighted by atomic mass is 10.1. The molecule has 6 nitrogen and oxygen atoms in total. The van der Waals surface area contributed by atoms with Crippen LogP contribution >= 0.6 is 11.3 Å². The van der Waals surface area contributed by atoms with Crippen molar-refractivity contribution in [2.75, 3.05) is 19.4 Å². The van der Waals surface area contributed by atoms with E-state index in [1.165, 1.54) is 21.8 Å². The fraction of sp³-hybridized carbons (Fsp3) is 0.200. The minimum atomic E-state index is -0.298. The van der Waals surface area contributed by atoms with Gasteiger partial charge in [0.1, 0.15) is 5.69 Å². The van der Waals surface area contributed by atoms with E-state index in [4.69, 9.17) is 0 Å². The first kappa shape index (κ1) is 18.7. The van der Waals surface area contributed by atoms with Crippen molar-refractivity contribution < 1.29 is 9.59 Å². The summed E-state index contributed by atoms with van der Waals surface area (Å²) in [6.07, 6.45) is 0. The first-order valence-electron chi connectivity index (χ1n) is 8.38. The molecule has 0 fully saturated rings. The molecule has 27 heavy (non-hydrogen) atoms. The van der Waals surface area contributed by atoms with Gasteiger partial charge in [0.2, 0.25) is 0 Å². The second kappa shape index (κ2) is 7.67. The van der Waals surface area contributed by atoms with Crippen LogP contribution < -0.4 is 5.32 Å². The number of benzene rings is 1. The van der Waals surface area contributed by atoms with Crippen LogP contribution in [0, 0.1) is 13.8 Å². The largest absolute Gasteiger partial charge is 0.343 e. The number of amides is 2. The van der Waals surface area contributed by atoms with Gasteiger partial charge in [-0.25, -0.2) is 9.97 Å². The molecular formula is C20H20N4O2S. The van der Waals surface area contributed by atoms with Gasteiger partial charge >= 0.3 is 0 Å². The van der Waals surface area contributed by atoms with Crippen LogP contribution in [-0.4, -0.2) is 40.8 Å². The smallest absolute Gasteiger partial charge is 0.271 e. The molecule has 0 aliphatic heterocycles. The number of aryl methyl sites for hydroxylation is 2. The molecule has 138 valence electrons. The third-order valence-electron chi connectivity index (χ3n) is 4.03. The van der Waals surface area contributed by atoms with Gasteiger partial charge < -0.3 is 4.90 Å². The van der Waals surface area contributed by atoms with Crippen LogP contribution in [0.5, 0.6) is 0 Å². The molecule has 2 heterocycles. The molecule has 0 unspecified atom stereocenters. The molecular weight excluding hydrogens is 360 g/mol. The highest BCUT2D eigenvalue weighted by Crippen LogP contribution is 2.25. The molecule has 3 aromatic rings. The van der Waals surface area contributed by atoms with Crippen molar-refractivity contribution in [3.05, 3.63) is 64.3 Å². The standard InChI is InChI=1S/C20H20N4O2S/c1-12-5-7-14(8-6-12)17-11-27-20(22-17)23-18(25)15-9-10-16(21-13(15)2)19(26)24(3)4/h5-11H,1-4H3,(H,22,23,25). The molecule has 3 rings (SSSR count). The highest BCUT2D eigenvalue weighted by molar-refractivity contribution is 7.14. The second-order valence-corrected chi connectivity index (χ2v) is 7.25. The van der Waals surface area contributed by atoms with Gasteiger partial charge in [0.05, 0.1) is 17.0 Å². The van der Waals surface area contributed by atoms with Gasteiger partial charge in [-0.15, -0.1) is 11.3 Å². The summed E-state index contributed by atoms with van der Waals surface area (Å²) in [5.41, 5.74) is 4.22. The van der Waals surface area contributed by atoms with Crippen molar-refractivity contribution in [3.8, 4) is 11.3 Å².